The van der Waals surface area contributed by atoms with E-state index in [4.69, 9.17) is 0 Å². The van der Waals surface area contributed by atoms with Gasteiger partial charge in [-0.3, -0.25) is 0 Å². The van der Waals surface area contributed by atoms with Crippen LogP contribution in [-0.4, -0.2) is 6.54 Å². The van der Waals surface area contributed by atoms with E-state index >= 15 is 0 Å². The highest BCUT2D eigenvalue weighted by Crippen LogP contribution is 1.20. The van der Waals surface area contributed by atoms with Crippen molar-refractivity contribution in [1.82, 2.24) is 0 Å². The van der Waals surface area contributed by atoms with Gasteiger partial charge in [-0.15, -0.1) is 0 Å². The highest BCUT2D eigenvalue weighted by Gasteiger charge is 1.47. The predicted molar refractivity (Wildman–Crippen MR) is 17.8 cm³/mol. The van der Waals surface area contributed by atoms with Crippen LogP contribution in [0.4, 0.5) is 0 Å². The summed E-state index contributed by atoms with van der Waals surface area (Å²) in [7, 11) is 3.48. The Bertz CT molecular complexity index is 5.25. The Morgan fingerprint density at radius 3 is 2.25 bits per heavy atom. The Morgan fingerprint density at radius 1 is 2.00 bits per heavy atom. The molecule has 4 heavy (non-hydrogen) atoms. The van der Waals surface area contributed by atoms with Crippen LogP contribution in [0.1, 0.15) is 6.92 Å². The summed E-state index contributed by atoms with van der Waals surface area (Å²) in [6.45, 7) is 3.15. The molecule has 0 aliphatic heterocycles. The van der Waals surface area contributed by atoms with Crippen LogP contribution in [0, 0.1) is 7.05 Å². The molecule has 0 saturated heterocycles. The monoisotopic (exact) mass is 59.1 g/mol. The van der Waals surface area contributed by atoms with E-state index in [1.165, 1.54) is 0 Å². The van der Waals surface area contributed by atoms with Crippen LogP contribution in [-0.2, 0) is 0 Å². The summed E-state index contributed by atoms with van der Waals surface area (Å²) < 4.78 is 0. The first-order valence-corrected chi connectivity index (χ1v) is 1.52. The second-order valence-corrected chi connectivity index (χ2v) is 0.697. The van der Waals surface area contributed by atoms with Gasteiger partial charge in [0.2, 0.25) is 0 Å². The molecule has 0 spiro atoms. The fraction of sp³-hybridized carbons (Fsp3) is 0.667. The van der Waals surface area contributed by atoms with Gasteiger partial charge < -0.3 is 5.32 Å². The molecule has 0 saturated carbocycles. The second kappa shape index (κ2) is 2.96. The minimum absolute atomic E-state index is 1.08. The van der Waals surface area contributed by atoms with Gasteiger partial charge in [0.05, 0.1) is 0 Å². The maximum absolute atomic E-state index is 3.48. The van der Waals surface area contributed by atoms with E-state index in [9.17, 15) is 0 Å². The van der Waals surface area contributed by atoms with Gasteiger partial charge in [-0.1, -0.05) is 0 Å². The van der Waals surface area contributed by atoms with Crippen LogP contribution in [0.5, 0.6) is 0 Å². The molecule has 2 N–H and O–H groups in total. The molecule has 0 aliphatic rings. The zero-order chi connectivity index (χ0) is 3.41. The van der Waals surface area contributed by atoms with E-state index in [1.807, 2.05) is 5.32 Å². The molecule has 0 radical (unpaired) electrons. The van der Waals surface area contributed by atoms with Crippen molar-refractivity contribution in [2.75, 3.05) is 6.54 Å². The molecule has 26 valence electrons. The summed E-state index contributed by atoms with van der Waals surface area (Å²) in [5, 5.41) is 1.88. The number of quaternary nitrogens is 1. The van der Waals surface area contributed by atoms with Gasteiger partial charge in [-0.25, -0.2) is 0 Å². The van der Waals surface area contributed by atoms with Crippen molar-refractivity contribution in [3.63, 3.8) is 0 Å². The minimum atomic E-state index is 1.08. The summed E-state index contributed by atoms with van der Waals surface area (Å²) in [4.78, 5) is 0. The van der Waals surface area contributed by atoms with Crippen molar-refractivity contribution >= 4 is 0 Å². The summed E-state index contributed by atoms with van der Waals surface area (Å²) in [5.41, 5.74) is 0. The first-order chi connectivity index (χ1) is 1.91. The third-order valence-electron chi connectivity index (χ3n) is 0.289. The zero-order valence-electron chi connectivity index (χ0n) is 2.99. The quantitative estimate of drug-likeness (QED) is 0.387. The van der Waals surface area contributed by atoms with Crippen LogP contribution < -0.4 is 5.32 Å². The average Bonchev–Trinajstić information content (AvgIpc) is 1.37. The van der Waals surface area contributed by atoms with Gasteiger partial charge in [0.1, 0.15) is 0 Å². The van der Waals surface area contributed by atoms with Crippen LogP contribution in [0.25, 0.3) is 0 Å². The first-order valence-electron chi connectivity index (χ1n) is 1.52. The van der Waals surface area contributed by atoms with E-state index in [0.717, 1.165) is 6.54 Å². The van der Waals surface area contributed by atoms with E-state index in [0.29, 0.717) is 0 Å². The standard InChI is InChI=1S/C3H9N/c1-3-4-2/h2-4H2,1H3. The van der Waals surface area contributed by atoms with Crippen LogP contribution >= 0.6 is 0 Å². The Hall–Kier alpha value is -0.0400. The SMILES string of the molecule is [CH2-][NH2+]CC. The molecule has 0 bridgehead atoms. The highest BCUT2D eigenvalue weighted by atomic mass is 14.8. The maximum Gasteiger partial charge on any atom is 0.0486 e. The van der Waals surface area contributed by atoms with Crippen LogP contribution in [0.15, 0.2) is 0 Å². The normalized spacial score (nSPS) is 7.50. The average molecular weight is 59.1 g/mol. The van der Waals surface area contributed by atoms with Gasteiger partial charge in [0.15, 0.2) is 0 Å². The summed E-state index contributed by atoms with van der Waals surface area (Å²) >= 11 is 0. The van der Waals surface area contributed by atoms with Crippen LogP contribution in [0.2, 0.25) is 0 Å². The number of hydrogen-bond acceptors (Lipinski definition) is 0. The minimum Gasteiger partial charge on any atom is -0.479 e. The smallest absolute Gasteiger partial charge is 0.0486 e. The molecule has 1 heteroatoms. The Kier molecular flexibility index (Phi) is 2.93. The molecule has 1 nitrogen and oxygen atoms in total. The molecule has 0 aromatic carbocycles. The van der Waals surface area contributed by atoms with Crippen molar-refractivity contribution in [2.24, 2.45) is 0 Å². The van der Waals surface area contributed by atoms with Crippen molar-refractivity contribution in [1.29, 1.82) is 0 Å². The molecule has 0 aromatic heterocycles. The van der Waals surface area contributed by atoms with Crippen molar-refractivity contribution in [2.45, 2.75) is 6.92 Å². The number of nitrogens with two attached hydrogens (primary N) is 1. The lowest BCUT2D eigenvalue weighted by Crippen LogP contribution is -2.76. The second-order valence-electron chi connectivity index (χ2n) is 0.697. The molecule has 0 rings (SSSR count). The maximum atomic E-state index is 3.48. The molecule has 0 aromatic rings. The van der Waals surface area contributed by atoms with Crippen LogP contribution in [0.3, 0.4) is 0 Å². The van der Waals surface area contributed by atoms with Crippen molar-refractivity contribution < 1.29 is 5.32 Å². The van der Waals surface area contributed by atoms with Gasteiger partial charge in [-0.05, 0) is 6.92 Å². The van der Waals surface area contributed by atoms with Crippen molar-refractivity contribution in [3.05, 3.63) is 7.05 Å². The molecule has 0 fully saturated rings. The third kappa shape index (κ3) is 1.96. The van der Waals surface area contributed by atoms with Gasteiger partial charge in [-0.2, -0.15) is 7.05 Å². The lowest BCUT2D eigenvalue weighted by atomic mass is 10.8. The Balaban J connectivity index is 1.97. The lowest BCUT2D eigenvalue weighted by molar-refractivity contribution is -0.591. The Morgan fingerprint density at radius 2 is 2.25 bits per heavy atom. The number of rotatable bonds is 1. The van der Waals surface area contributed by atoms with E-state index in [2.05, 4.69) is 14.0 Å². The molecular weight excluding hydrogens is 50.0 g/mol. The van der Waals surface area contributed by atoms with Gasteiger partial charge in [0, 0.05) is 6.54 Å². The lowest BCUT2D eigenvalue weighted by Gasteiger charge is -1.83. The van der Waals surface area contributed by atoms with Gasteiger partial charge >= 0.3 is 0 Å². The Labute approximate surface area is 27.0 Å². The predicted octanol–water partition coefficient (Wildman–Crippen LogP) is -0.639. The summed E-state index contributed by atoms with van der Waals surface area (Å²) in [5.74, 6) is 0. The van der Waals surface area contributed by atoms with E-state index in [1.54, 1.807) is 0 Å². The number of hydrogen-bond donors (Lipinski definition) is 1. The molecule has 0 amide bonds. The summed E-state index contributed by atoms with van der Waals surface area (Å²) in [6.07, 6.45) is 0. The highest BCUT2D eigenvalue weighted by molar-refractivity contribution is 3.90. The summed E-state index contributed by atoms with van der Waals surface area (Å²) in [6, 6.07) is 0. The fourth-order valence-corrected chi connectivity index (χ4v) is 0. The molecule has 0 unspecified atom stereocenters. The third-order valence-corrected chi connectivity index (χ3v) is 0.289. The molecule has 0 heterocycles. The molecular formula is C3H9N. The van der Waals surface area contributed by atoms with Gasteiger partial charge in [0.25, 0.3) is 0 Å². The largest absolute Gasteiger partial charge is 0.479 e. The zero-order valence-corrected chi connectivity index (χ0v) is 2.99. The first kappa shape index (κ1) is 3.96. The fourth-order valence-electron chi connectivity index (χ4n) is 0. The van der Waals surface area contributed by atoms with E-state index < -0.39 is 0 Å². The molecule has 0 aliphatic carbocycles. The van der Waals surface area contributed by atoms with E-state index in [-0.39, 0.29) is 0 Å². The van der Waals surface area contributed by atoms with Crippen molar-refractivity contribution in [3.8, 4) is 0 Å². The molecule has 0 atom stereocenters. The topological polar surface area (TPSA) is 16.6 Å².